The van der Waals surface area contributed by atoms with Crippen molar-refractivity contribution in [3.05, 3.63) is 35.4 Å². The molecule has 0 spiro atoms. The van der Waals surface area contributed by atoms with Crippen LogP contribution in [0.1, 0.15) is 18.1 Å². The van der Waals surface area contributed by atoms with Crippen LogP contribution in [-0.4, -0.2) is 19.2 Å². The van der Waals surface area contributed by atoms with Crippen molar-refractivity contribution < 1.29 is 22.7 Å². The Morgan fingerprint density at radius 1 is 1.40 bits per heavy atom. The summed E-state index contributed by atoms with van der Waals surface area (Å²) in [5.74, 6) is 0. The largest absolute Gasteiger partial charge is 0.453 e. The molecule has 2 rings (SSSR count). The number of rotatable bonds is 1. The van der Waals surface area contributed by atoms with Gasteiger partial charge in [0.1, 0.15) is 0 Å². The van der Waals surface area contributed by atoms with Crippen molar-refractivity contribution in [1.82, 2.24) is 5.32 Å². The normalized spacial score (nSPS) is 17.6. The standard InChI is InChI=1S/C13H13F3N2O2/c1-7-5-11(18-12(19)20-2)9-6-8(13(14,15)16)3-4-10(9)17-7/h3-7,17H,1-2H3,(H,18,19)/t7-/m1/s1. The zero-order chi connectivity index (χ0) is 14.9. The number of fused-ring (bicyclic) bond motifs is 1. The van der Waals surface area contributed by atoms with Gasteiger partial charge in [-0.25, -0.2) is 4.79 Å². The van der Waals surface area contributed by atoms with Crippen molar-refractivity contribution in [2.75, 3.05) is 12.4 Å². The summed E-state index contributed by atoms with van der Waals surface area (Å²) in [6, 6.07) is 3.22. The zero-order valence-corrected chi connectivity index (χ0v) is 10.8. The highest BCUT2D eigenvalue weighted by Crippen LogP contribution is 2.35. The van der Waals surface area contributed by atoms with Crippen LogP contribution in [0, 0.1) is 0 Å². The molecule has 1 heterocycles. The number of methoxy groups -OCH3 is 1. The van der Waals surface area contributed by atoms with E-state index in [0.29, 0.717) is 11.4 Å². The molecule has 0 aliphatic carbocycles. The Morgan fingerprint density at radius 2 is 2.10 bits per heavy atom. The number of amides is 1. The van der Waals surface area contributed by atoms with Gasteiger partial charge in [0, 0.05) is 17.3 Å². The van der Waals surface area contributed by atoms with Crippen LogP contribution in [0.2, 0.25) is 0 Å². The Morgan fingerprint density at radius 3 is 2.70 bits per heavy atom. The number of alkyl carbamates (subject to hydrolysis) is 1. The van der Waals surface area contributed by atoms with Crippen molar-refractivity contribution in [1.29, 1.82) is 0 Å². The second kappa shape index (κ2) is 5.07. The number of anilines is 1. The van der Waals surface area contributed by atoms with Crippen molar-refractivity contribution in [3.8, 4) is 0 Å². The van der Waals surface area contributed by atoms with Gasteiger partial charge in [-0.1, -0.05) is 0 Å². The van der Waals surface area contributed by atoms with Gasteiger partial charge in [0.15, 0.2) is 0 Å². The topological polar surface area (TPSA) is 50.4 Å². The minimum atomic E-state index is -4.44. The minimum Gasteiger partial charge on any atom is -0.453 e. The average molecular weight is 286 g/mol. The third-order valence-electron chi connectivity index (χ3n) is 2.86. The van der Waals surface area contributed by atoms with Gasteiger partial charge in [-0.2, -0.15) is 13.2 Å². The fraction of sp³-hybridized carbons (Fsp3) is 0.308. The Labute approximate surface area is 113 Å². The van der Waals surface area contributed by atoms with E-state index < -0.39 is 17.8 Å². The molecule has 108 valence electrons. The van der Waals surface area contributed by atoms with E-state index in [1.807, 2.05) is 6.92 Å². The molecule has 20 heavy (non-hydrogen) atoms. The van der Waals surface area contributed by atoms with Crippen LogP contribution in [0.15, 0.2) is 24.3 Å². The maximum absolute atomic E-state index is 12.7. The van der Waals surface area contributed by atoms with Crippen molar-refractivity contribution in [2.24, 2.45) is 0 Å². The number of benzene rings is 1. The van der Waals surface area contributed by atoms with Crippen LogP contribution in [0.5, 0.6) is 0 Å². The average Bonchev–Trinajstić information content (AvgIpc) is 2.36. The molecule has 0 fully saturated rings. The highest BCUT2D eigenvalue weighted by Gasteiger charge is 2.32. The molecule has 0 radical (unpaired) electrons. The smallest absolute Gasteiger partial charge is 0.416 e. The molecule has 4 nitrogen and oxygen atoms in total. The third kappa shape index (κ3) is 2.87. The maximum atomic E-state index is 12.7. The van der Waals surface area contributed by atoms with Crippen molar-refractivity contribution in [2.45, 2.75) is 19.1 Å². The van der Waals surface area contributed by atoms with Gasteiger partial charge in [0.05, 0.1) is 18.4 Å². The first-order chi connectivity index (χ1) is 9.31. The summed E-state index contributed by atoms with van der Waals surface area (Å²) in [5, 5.41) is 5.45. The van der Waals surface area contributed by atoms with E-state index in [4.69, 9.17) is 0 Å². The molecule has 0 unspecified atom stereocenters. The quantitative estimate of drug-likeness (QED) is 0.833. The number of nitrogens with one attached hydrogen (secondary N) is 2. The molecule has 2 N–H and O–H groups in total. The fourth-order valence-corrected chi connectivity index (χ4v) is 1.97. The Hall–Kier alpha value is -2.18. The van der Waals surface area contributed by atoms with Gasteiger partial charge in [-0.15, -0.1) is 0 Å². The van der Waals surface area contributed by atoms with Crippen LogP contribution in [0.3, 0.4) is 0 Å². The molecule has 0 bridgehead atoms. The second-order valence-electron chi connectivity index (χ2n) is 4.39. The summed E-state index contributed by atoms with van der Waals surface area (Å²) in [6.45, 7) is 1.82. The second-order valence-corrected chi connectivity index (χ2v) is 4.39. The number of halogens is 3. The fourth-order valence-electron chi connectivity index (χ4n) is 1.97. The summed E-state index contributed by atoms with van der Waals surface area (Å²) >= 11 is 0. The van der Waals surface area contributed by atoms with Crippen LogP contribution >= 0.6 is 0 Å². The minimum absolute atomic E-state index is 0.119. The lowest BCUT2D eigenvalue weighted by atomic mass is 10.00. The Kier molecular flexibility index (Phi) is 3.61. The van der Waals surface area contributed by atoms with Gasteiger partial charge >= 0.3 is 12.3 Å². The van der Waals surface area contributed by atoms with Gasteiger partial charge in [-0.05, 0) is 31.2 Å². The van der Waals surface area contributed by atoms with E-state index in [1.54, 1.807) is 6.08 Å². The lowest BCUT2D eigenvalue weighted by molar-refractivity contribution is -0.137. The molecular formula is C13H13F3N2O2. The molecule has 1 amide bonds. The van der Waals surface area contributed by atoms with E-state index >= 15 is 0 Å². The first-order valence-electron chi connectivity index (χ1n) is 5.86. The number of carbonyl (C=O) groups excluding carboxylic acids is 1. The summed E-state index contributed by atoms with van der Waals surface area (Å²) in [5.41, 5.74) is 0.331. The van der Waals surface area contributed by atoms with Gasteiger partial charge < -0.3 is 10.1 Å². The molecule has 1 aromatic rings. The lowest BCUT2D eigenvalue weighted by Crippen LogP contribution is -2.28. The maximum Gasteiger partial charge on any atom is 0.416 e. The van der Waals surface area contributed by atoms with Gasteiger partial charge in [0.25, 0.3) is 0 Å². The highest BCUT2D eigenvalue weighted by molar-refractivity contribution is 5.88. The molecule has 1 atom stereocenters. The number of hydrogen-bond acceptors (Lipinski definition) is 3. The first kappa shape index (κ1) is 14.2. The van der Waals surface area contributed by atoms with Crippen LogP contribution < -0.4 is 10.6 Å². The molecule has 0 saturated carbocycles. The van der Waals surface area contributed by atoms with E-state index in [2.05, 4.69) is 15.4 Å². The number of hydrogen-bond donors (Lipinski definition) is 2. The number of ether oxygens (including phenoxy) is 1. The molecule has 1 aliphatic heterocycles. The zero-order valence-electron chi connectivity index (χ0n) is 10.8. The first-order valence-corrected chi connectivity index (χ1v) is 5.86. The predicted molar refractivity (Wildman–Crippen MR) is 68.0 cm³/mol. The van der Waals surface area contributed by atoms with Gasteiger partial charge in [0.2, 0.25) is 0 Å². The van der Waals surface area contributed by atoms with E-state index in [-0.39, 0.29) is 11.6 Å². The number of carbonyl (C=O) groups is 1. The number of alkyl halides is 3. The van der Waals surface area contributed by atoms with E-state index in [0.717, 1.165) is 12.1 Å². The molecule has 7 heteroatoms. The summed E-state index contributed by atoms with van der Waals surface area (Å²) in [6.07, 6.45) is -3.54. The van der Waals surface area contributed by atoms with E-state index in [9.17, 15) is 18.0 Å². The molecule has 0 aromatic heterocycles. The molecule has 0 saturated heterocycles. The highest BCUT2D eigenvalue weighted by atomic mass is 19.4. The van der Waals surface area contributed by atoms with Crippen LogP contribution in [0.4, 0.5) is 23.7 Å². The Bertz CT molecular complexity index is 567. The summed E-state index contributed by atoms with van der Waals surface area (Å²) < 4.78 is 42.7. The predicted octanol–water partition coefficient (Wildman–Crippen LogP) is 3.22. The van der Waals surface area contributed by atoms with Crippen LogP contribution in [0.25, 0.3) is 5.70 Å². The van der Waals surface area contributed by atoms with Crippen LogP contribution in [-0.2, 0) is 10.9 Å². The monoisotopic (exact) mass is 286 g/mol. The van der Waals surface area contributed by atoms with Gasteiger partial charge in [-0.3, -0.25) is 5.32 Å². The van der Waals surface area contributed by atoms with Crippen molar-refractivity contribution >= 4 is 17.5 Å². The summed E-state index contributed by atoms with van der Waals surface area (Å²) in [7, 11) is 1.19. The third-order valence-corrected chi connectivity index (χ3v) is 2.86. The van der Waals surface area contributed by atoms with E-state index in [1.165, 1.54) is 13.2 Å². The molecular weight excluding hydrogens is 273 g/mol. The van der Waals surface area contributed by atoms with Crippen molar-refractivity contribution in [3.63, 3.8) is 0 Å². The molecule has 1 aliphatic rings. The Balaban J connectivity index is 2.44. The summed E-state index contributed by atoms with van der Waals surface area (Å²) in [4.78, 5) is 11.3. The SMILES string of the molecule is COC(=O)NC1=C[C@@H](C)Nc2ccc(C(F)(F)F)cc21. The molecule has 1 aromatic carbocycles. The lowest BCUT2D eigenvalue weighted by Gasteiger charge is -2.25.